The molecule has 0 aliphatic heterocycles. The van der Waals surface area contributed by atoms with Crippen molar-refractivity contribution in [3.05, 3.63) is 100 Å². The molecule has 2 N–H and O–H groups in total. The number of hydrogen-bond donors (Lipinski definition) is 2. The molecule has 0 unspecified atom stereocenters. The molecule has 4 rings (SSSR count). The van der Waals surface area contributed by atoms with Crippen molar-refractivity contribution < 1.29 is 14.6 Å². The van der Waals surface area contributed by atoms with Gasteiger partial charge in [-0.3, -0.25) is 4.79 Å². The van der Waals surface area contributed by atoms with Gasteiger partial charge in [0.2, 0.25) is 0 Å². The lowest BCUT2D eigenvalue weighted by atomic mass is 9.83. The van der Waals surface area contributed by atoms with E-state index in [0.29, 0.717) is 11.3 Å². The number of hydrogen-bond acceptors (Lipinski definition) is 3. The monoisotopic (exact) mass is 449 g/mol. The molecule has 1 heterocycles. The van der Waals surface area contributed by atoms with Crippen LogP contribution in [0.5, 0.6) is 5.75 Å². The second-order valence-corrected chi connectivity index (χ2v) is 7.77. The van der Waals surface area contributed by atoms with Gasteiger partial charge in [0.15, 0.2) is 5.78 Å². The van der Waals surface area contributed by atoms with E-state index in [-0.39, 0.29) is 5.78 Å². The number of ether oxygens (including phenoxy) is 1. The fourth-order valence-corrected chi connectivity index (χ4v) is 3.90. The number of fused-ring (bicyclic) bond motifs is 1. The van der Waals surface area contributed by atoms with E-state index in [1.807, 2.05) is 54.7 Å². The maximum atomic E-state index is 13.1. The lowest BCUT2D eigenvalue weighted by molar-refractivity contribution is 0.0716. The first-order valence-corrected chi connectivity index (χ1v) is 10.1. The van der Waals surface area contributed by atoms with Gasteiger partial charge in [-0.15, -0.1) is 0 Å². The number of para-hydroxylation sites is 1. The summed E-state index contributed by atoms with van der Waals surface area (Å²) in [5.41, 5.74) is 3.17. The topological polar surface area (TPSA) is 62.3 Å². The number of methoxy groups -OCH3 is 1. The van der Waals surface area contributed by atoms with Crippen LogP contribution in [0.4, 0.5) is 0 Å². The third-order valence-corrected chi connectivity index (χ3v) is 5.67. The van der Waals surface area contributed by atoms with Crippen LogP contribution in [0.1, 0.15) is 27.4 Å². The van der Waals surface area contributed by atoms with E-state index in [0.717, 1.165) is 26.5 Å². The minimum Gasteiger partial charge on any atom is -0.497 e. The average molecular weight is 450 g/mol. The summed E-state index contributed by atoms with van der Waals surface area (Å²) in [5, 5.41) is 12.2. The summed E-state index contributed by atoms with van der Waals surface area (Å²) in [6.45, 7) is 0. The third-order valence-electron chi connectivity index (χ3n) is 5.14. The molecule has 1 aromatic heterocycles. The van der Waals surface area contributed by atoms with Crippen LogP contribution in [0.2, 0.25) is 0 Å². The highest BCUT2D eigenvalue weighted by molar-refractivity contribution is 9.10. The van der Waals surface area contributed by atoms with Gasteiger partial charge in [-0.2, -0.15) is 0 Å². The summed E-state index contributed by atoms with van der Waals surface area (Å²) in [6, 6.07) is 22.4. The molecule has 4 aromatic rings. The fourth-order valence-electron chi connectivity index (χ4n) is 3.63. The van der Waals surface area contributed by atoms with Crippen molar-refractivity contribution in [1.29, 1.82) is 0 Å². The Labute approximate surface area is 177 Å². The van der Waals surface area contributed by atoms with Gasteiger partial charge in [0, 0.05) is 33.1 Å². The number of aliphatic hydroxyl groups excluding tert-OH is 1. The Balaban J connectivity index is 1.79. The Kier molecular flexibility index (Phi) is 5.51. The Morgan fingerprint density at radius 3 is 2.38 bits per heavy atom. The Bertz CT molecular complexity index is 1130. The lowest BCUT2D eigenvalue weighted by Crippen LogP contribution is -2.29. The lowest BCUT2D eigenvalue weighted by Gasteiger charge is -2.23. The maximum absolute atomic E-state index is 13.1. The minimum absolute atomic E-state index is 0.328. The molecule has 0 spiro atoms. The van der Waals surface area contributed by atoms with Crippen molar-refractivity contribution >= 4 is 32.6 Å². The number of halogens is 1. The Morgan fingerprint density at radius 2 is 1.69 bits per heavy atom. The molecular weight excluding hydrogens is 430 g/mol. The second-order valence-electron chi connectivity index (χ2n) is 6.86. The van der Waals surface area contributed by atoms with Crippen molar-refractivity contribution in [2.24, 2.45) is 0 Å². The molecule has 0 aliphatic carbocycles. The number of rotatable bonds is 6. The number of Topliss-reactive ketones (excluding diaryl/α,β-unsaturated/α-hetero) is 1. The van der Waals surface area contributed by atoms with Crippen molar-refractivity contribution in [3.8, 4) is 5.75 Å². The number of carbonyl (C=O) groups is 1. The molecule has 29 heavy (non-hydrogen) atoms. The highest BCUT2D eigenvalue weighted by Crippen LogP contribution is 2.35. The molecule has 0 aliphatic rings. The van der Waals surface area contributed by atoms with E-state index in [1.165, 1.54) is 0 Å². The number of aliphatic hydroxyl groups is 1. The van der Waals surface area contributed by atoms with Crippen molar-refractivity contribution in [2.75, 3.05) is 7.11 Å². The van der Waals surface area contributed by atoms with Crippen molar-refractivity contribution in [1.82, 2.24) is 4.98 Å². The largest absolute Gasteiger partial charge is 0.497 e. The first-order chi connectivity index (χ1) is 14.1. The summed E-state index contributed by atoms with van der Waals surface area (Å²) >= 11 is 3.45. The van der Waals surface area contributed by atoms with Crippen LogP contribution in [0.3, 0.4) is 0 Å². The van der Waals surface area contributed by atoms with E-state index in [4.69, 9.17) is 4.74 Å². The number of benzene rings is 3. The van der Waals surface area contributed by atoms with Gasteiger partial charge in [0.05, 0.1) is 7.11 Å². The number of H-pyrrole nitrogens is 1. The molecule has 4 nitrogen and oxygen atoms in total. The molecule has 0 saturated carbocycles. The molecule has 0 fully saturated rings. The van der Waals surface area contributed by atoms with Crippen LogP contribution < -0.4 is 4.74 Å². The van der Waals surface area contributed by atoms with Crippen molar-refractivity contribution in [3.63, 3.8) is 0 Å². The molecule has 5 heteroatoms. The van der Waals surface area contributed by atoms with Crippen LogP contribution in [-0.2, 0) is 0 Å². The summed E-state index contributed by atoms with van der Waals surface area (Å²) in [6.07, 6.45) is 0.644. The van der Waals surface area contributed by atoms with Crippen LogP contribution in [0.25, 0.3) is 10.9 Å². The zero-order chi connectivity index (χ0) is 20.4. The molecule has 146 valence electrons. The van der Waals surface area contributed by atoms with E-state index in [9.17, 15) is 9.90 Å². The highest BCUT2D eigenvalue weighted by atomic mass is 79.9. The summed E-state index contributed by atoms with van der Waals surface area (Å²) in [7, 11) is 1.58. The van der Waals surface area contributed by atoms with Gasteiger partial charge in [-0.05, 0) is 53.6 Å². The normalized spacial score (nSPS) is 13.2. The zero-order valence-electron chi connectivity index (χ0n) is 15.8. The third kappa shape index (κ3) is 3.84. The first kappa shape index (κ1) is 19.4. The van der Waals surface area contributed by atoms with Crippen LogP contribution in [-0.4, -0.2) is 29.1 Å². The smallest absolute Gasteiger partial charge is 0.192 e. The number of ketones is 1. The summed E-state index contributed by atoms with van der Waals surface area (Å²) in [4.78, 5) is 16.4. The van der Waals surface area contributed by atoms with Gasteiger partial charge in [-0.1, -0.05) is 46.3 Å². The number of aromatic nitrogens is 1. The van der Waals surface area contributed by atoms with Crippen LogP contribution >= 0.6 is 15.9 Å². The minimum atomic E-state index is -1.23. The highest BCUT2D eigenvalue weighted by Gasteiger charge is 2.31. The first-order valence-electron chi connectivity index (χ1n) is 9.26. The number of aromatic amines is 1. The van der Waals surface area contributed by atoms with E-state index in [2.05, 4.69) is 20.9 Å². The van der Waals surface area contributed by atoms with Crippen LogP contribution in [0.15, 0.2) is 83.5 Å². The predicted molar refractivity (Wildman–Crippen MR) is 118 cm³/mol. The average Bonchev–Trinajstić information content (AvgIpc) is 3.18. The van der Waals surface area contributed by atoms with Crippen LogP contribution in [0, 0.1) is 0 Å². The van der Waals surface area contributed by atoms with Gasteiger partial charge in [-0.25, -0.2) is 0 Å². The Hall–Kier alpha value is -2.89. The van der Waals surface area contributed by atoms with E-state index >= 15 is 0 Å². The predicted octanol–water partition coefficient (Wildman–Crippen LogP) is 5.31. The van der Waals surface area contributed by atoms with E-state index < -0.39 is 12.0 Å². The zero-order valence-corrected chi connectivity index (χ0v) is 17.4. The second kappa shape index (κ2) is 8.23. The molecular formula is C24H20BrNO3. The van der Waals surface area contributed by atoms with Crippen molar-refractivity contribution in [2.45, 2.75) is 12.0 Å². The van der Waals surface area contributed by atoms with Gasteiger partial charge < -0.3 is 14.8 Å². The van der Waals surface area contributed by atoms with Gasteiger partial charge in [0.25, 0.3) is 0 Å². The standard InChI is InChI=1S/C24H20BrNO3/c1-29-18-12-8-16(9-13-18)23(27)24(28)22(15-6-10-17(25)11-7-15)20-14-26-21-5-3-2-4-19(20)21/h2-14,22,24,26,28H,1H3/t22-,24+/m0/s1. The fraction of sp³-hybridized carbons (Fsp3) is 0.125. The SMILES string of the molecule is COc1ccc(C(=O)[C@H](O)[C@@H](c2ccc(Br)cc2)c2c[nH]c3ccccc23)cc1. The molecule has 0 saturated heterocycles. The summed E-state index contributed by atoms with van der Waals surface area (Å²) < 4.78 is 6.10. The number of nitrogens with one attached hydrogen (secondary N) is 1. The molecule has 0 radical (unpaired) electrons. The Morgan fingerprint density at radius 1 is 1.00 bits per heavy atom. The van der Waals surface area contributed by atoms with E-state index in [1.54, 1.807) is 31.4 Å². The van der Waals surface area contributed by atoms with Gasteiger partial charge in [0.1, 0.15) is 11.9 Å². The molecule has 0 amide bonds. The quantitative estimate of drug-likeness (QED) is 0.391. The summed E-state index contributed by atoms with van der Waals surface area (Å²) in [5.74, 6) is -0.170. The molecule has 3 aromatic carbocycles. The molecule has 2 atom stereocenters. The maximum Gasteiger partial charge on any atom is 0.192 e. The number of carbonyl (C=O) groups excluding carboxylic acids is 1. The van der Waals surface area contributed by atoms with Gasteiger partial charge >= 0.3 is 0 Å². The molecule has 0 bridgehead atoms.